The van der Waals surface area contributed by atoms with Gasteiger partial charge in [0.15, 0.2) is 5.84 Å². The standard InChI is InChI=1S/C11H24N4O3S2/c1-4-14(5-2)20(17,18)15-8-6-11(19-3,7-9-15)10(12)13-16/h16H,4-9H2,1-3H3,(H2,12,13). The van der Waals surface area contributed by atoms with Crippen molar-refractivity contribution in [3.05, 3.63) is 0 Å². The van der Waals surface area contributed by atoms with Crippen molar-refractivity contribution in [1.29, 1.82) is 0 Å². The van der Waals surface area contributed by atoms with E-state index in [4.69, 9.17) is 10.9 Å². The molecule has 1 heterocycles. The summed E-state index contributed by atoms with van der Waals surface area (Å²) in [6.07, 6.45) is 2.99. The summed E-state index contributed by atoms with van der Waals surface area (Å²) in [7, 11) is -3.40. The Morgan fingerprint density at radius 2 is 1.90 bits per heavy atom. The van der Waals surface area contributed by atoms with E-state index in [1.807, 2.05) is 20.1 Å². The highest BCUT2D eigenvalue weighted by Gasteiger charge is 2.42. The molecule has 1 aliphatic heterocycles. The quantitative estimate of drug-likeness (QED) is 0.321. The van der Waals surface area contributed by atoms with Gasteiger partial charge in [-0.1, -0.05) is 19.0 Å². The number of nitrogens with two attached hydrogens (primary N) is 1. The number of hydrogen-bond donors (Lipinski definition) is 2. The van der Waals surface area contributed by atoms with Crippen molar-refractivity contribution in [2.24, 2.45) is 10.9 Å². The molecule has 0 atom stereocenters. The first-order valence-corrected chi connectivity index (χ1v) is 9.28. The lowest BCUT2D eigenvalue weighted by Gasteiger charge is -2.40. The van der Waals surface area contributed by atoms with Crippen molar-refractivity contribution in [2.45, 2.75) is 31.4 Å². The molecule has 7 nitrogen and oxygen atoms in total. The summed E-state index contributed by atoms with van der Waals surface area (Å²) in [5, 5.41) is 12.0. The number of thioether (sulfide) groups is 1. The highest BCUT2D eigenvalue weighted by Crippen LogP contribution is 2.35. The minimum absolute atomic E-state index is 0.171. The Labute approximate surface area is 125 Å². The number of amidine groups is 1. The minimum Gasteiger partial charge on any atom is -0.409 e. The van der Waals surface area contributed by atoms with Crippen molar-refractivity contribution in [1.82, 2.24) is 8.61 Å². The van der Waals surface area contributed by atoms with E-state index >= 15 is 0 Å². The first-order valence-electron chi connectivity index (χ1n) is 6.66. The predicted octanol–water partition coefficient (Wildman–Crippen LogP) is 0.517. The van der Waals surface area contributed by atoms with Crippen LogP contribution in [0.3, 0.4) is 0 Å². The molecule has 0 amide bonds. The largest absolute Gasteiger partial charge is 0.409 e. The topological polar surface area (TPSA) is 99.2 Å². The molecule has 0 aromatic rings. The summed E-state index contributed by atoms with van der Waals surface area (Å²) in [5.74, 6) is 0.171. The van der Waals surface area contributed by atoms with E-state index in [-0.39, 0.29) is 5.84 Å². The predicted molar refractivity (Wildman–Crippen MR) is 82.3 cm³/mol. The van der Waals surface area contributed by atoms with Crippen LogP contribution in [0.25, 0.3) is 0 Å². The molecule has 9 heteroatoms. The maximum Gasteiger partial charge on any atom is 0.281 e. The zero-order chi connectivity index (χ0) is 15.4. The fraction of sp³-hybridized carbons (Fsp3) is 0.909. The number of piperidine rings is 1. The smallest absolute Gasteiger partial charge is 0.281 e. The lowest BCUT2D eigenvalue weighted by molar-refractivity contribution is 0.287. The third kappa shape index (κ3) is 3.21. The summed E-state index contributed by atoms with van der Waals surface area (Å²) in [6, 6.07) is 0. The first kappa shape index (κ1) is 17.5. The van der Waals surface area contributed by atoms with Gasteiger partial charge >= 0.3 is 0 Å². The summed E-state index contributed by atoms with van der Waals surface area (Å²) < 4.78 is 27.3. The molecule has 0 aromatic carbocycles. The van der Waals surface area contributed by atoms with Gasteiger partial charge in [-0.2, -0.15) is 28.8 Å². The zero-order valence-corrected chi connectivity index (χ0v) is 13.9. The molecule has 20 heavy (non-hydrogen) atoms. The van der Waals surface area contributed by atoms with Crippen LogP contribution < -0.4 is 5.73 Å². The molecule has 1 aliphatic rings. The van der Waals surface area contributed by atoms with Gasteiger partial charge in [-0.05, 0) is 19.1 Å². The average molecular weight is 324 g/mol. The van der Waals surface area contributed by atoms with Gasteiger partial charge in [-0.15, -0.1) is 0 Å². The van der Waals surface area contributed by atoms with E-state index in [0.717, 1.165) is 0 Å². The van der Waals surface area contributed by atoms with E-state index in [0.29, 0.717) is 39.0 Å². The third-order valence-electron chi connectivity index (χ3n) is 3.85. The van der Waals surface area contributed by atoms with Gasteiger partial charge in [0.2, 0.25) is 0 Å². The van der Waals surface area contributed by atoms with E-state index < -0.39 is 15.0 Å². The van der Waals surface area contributed by atoms with Gasteiger partial charge in [0.1, 0.15) is 0 Å². The number of nitrogens with zero attached hydrogens (tertiary/aromatic N) is 3. The Kier molecular flexibility index (Phi) is 6.11. The second-order valence-electron chi connectivity index (χ2n) is 4.67. The molecule has 0 aromatic heterocycles. The second-order valence-corrected chi connectivity index (χ2v) is 7.79. The fourth-order valence-electron chi connectivity index (χ4n) is 2.45. The van der Waals surface area contributed by atoms with Crippen molar-refractivity contribution in [2.75, 3.05) is 32.4 Å². The van der Waals surface area contributed by atoms with Gasteiger partial charge in [0.05, 0.1) is 4.75 Å². The third-order valence-corrected chi connectivity index (χ3v) is 7.44. The normalized spacial score (nSPS) is 21.3. The Balaban J connectivity index is 2.85. The molecule has 0 saturated carbocycles. The highest BCUT2D eigenvalue weighted by atomic mass is 32.2. The Morgan fingerprint density at radius 3 is 2.25 bits per heavy atom. The van der Waals surface area contributed by atoms with Crippen LogP contribution >= 0.6 is 11.8 Å². The SMILES string of the molecule is CCN(CC)S(=O)(=O)N1CCC(SC)(C(N)=NO)CC1. The molecule has 0 radical (unpaired) electrons. The van der Waals surface area contributed by atoms with Gasteiger partial charge in [0.25, 0.3) is 10.2 Å². The first-order chi connectivity index (χ1) is 9.37. The summed E-state index contributed by atoms with van der Waals surface area (Å²) >= 11 is 1.51. The van der Waals surface area contributed by atoms with E-state index in [9.17, 15) is 8.42 Å². The van der Waals surface area contributed by atoms with Crippen LogP contribution in [0.15, 0.2) is 5.16 Å². The lowest BCUT2D eigenvalue weighted by atomic mass is 9.96. The molecule has 1 fully saturated rings. The Morgan fingerprint density at radius 1 is 1.40 bits per heavy atom. The van der Waals surface area contributed by atoms with E-state index in [1.54, 1.807) is 0 Å². The number of hydrogen-bond acceptors (Lipinski definition) is 5. The van der Waals surface area contributed by atoms with Crippen LogP contribution in [0.2, 0.25) is 0 Å². The molecule has 3 N–H and O–H groups in total. The Hall–Kier alpha value is -0.510. The maximum atomic E-state index is 12.4. The minimum atomic E-state index is -3.40. The number of oxime groups is 1. The van der Waals surface area contributed by atoms with Crippen LogP contribution in [-0.4, -0.2) is 65.3 Å². The van der Waals surface area contributed by atoms with Crippen molar-refractivity contribution in [3.63, 3.8) is 0 Å². The molecular weight excluding hydrogens is 300 g/mol. The molecule has 1 rings (SSSR count). The van der Waals surface area contributed by atoms with Crippen molar-refractivity contribution in [3.8, 4) is 0 Å². The Bertz CT molecular complexity index is 441. The maximum absolute atomic E-state index is 12.4. The average Bonchev–Trinajstić information content (AvgIpc) is 2.47. The van der Waals surface area contributed by atoms with Crippen LogP contribution in [0.4, 0.5) is 0 Å². The van der Waals surface area contributed by atoms with Crippen molar-refractivity contribution < 1.29 is 13.6 Å². The summed E-state index contributed by atoms with van der Waals surface area (Å²) in [5.41, 5.74) is 5.76. The van der Waals surface area contributed by atoms with Gasteiger partial charge in [0, 0.05) is 26.2 Å². The van der Waals surface area contributed by atoms with Crippen LogP contribution in [-0.2, 0) is 10.2 Å². The van der Waals surface area contributed by atoms with Gasteiger partial charge in [-0.3, -0.25) is 0 Å². The molecule has 1 saturated heterocycles. The number of rotatable bonds is 6. The second kappa shape index (κ2) is 6.97. The summed E-state index contributed by atoms with van der Waals surface area (Å²) in [6.45, 7) is 5.35. The van der Waals surface area contributed by atoms with Gasteiger partial charge < -0.3 is 10.9 Å². The molecular formula is C11H24N4O3S2. The molecule has 0 bridgehead atoms. The lowest BCUT2D eigenvalue weighted by Crippen LogP contribution is -2.54. The van der Waals surface area contributed by atoms with E-state index in [1.165, 1.54) is 20.4 Å². The van der Waals surface area contributed by atoms with Gasteiger partial charge in [-0.25, -0.2) is 0 Å². The highest BCUT2D eigenvalue weighted by molar-refractivity contribution is 8.00. The summed E-state index contributed by atoms with van der Waals surface area (Å²) in [4.78, 5) is 0. The van der Waals surface area contributed by atoms with Crippen molar-refractivity contribution >= 4 is 27.8 Å². The monoisotopic (exact) mass is 324 g/mol. The van der Waals surface area contributed by atoms with E-state index in [2.05, 4.69) is 5.16 Å². The molecule has 0 aliphatic carbocycles. The van der Waals surface area contributed by atoms with Crippen LogP contribution in [0.5, 0.6) is 0 Å². The fourth-order valence-corrected chi connectivity index (χ4v) is 4.91. The molecule has 0 unspecified atom stereocenters. The van der Waals surface area contributed by atoms with Crippen LogP contribution in [0, 0.1) is 0 Å². The molecule has 118 valence electrons. The van der Waals surface area contributed by atoms with Crippen LogP contribution in [0.1, 0.15) is 26.7 Å². The molecule has 0 spiro atoms. The zero-order valence-electron chi connectivity index (χ0n) is 12.2.